The summed E-state index contributed by atoms with van der Waals surface area (Å²) in [6.07, 6.45) is 4.57. The van der Waals surface area contributed by atoms with Crippen LogP contribution in [0, 0.1) is 0 Å². The van der Waals surface area contributed by atoms with Gasteiger partial charge in [-0.15, -0.1) is 0 Å². The highest BCUT2D eigenvalue weighted by atomic mass is 16.5. The van der Waals surface area contributed by atoms with E-state index in [1.807, 2.05) is 42.5 Å². The fourth-order valence-corrected chi connectivity index (χ4v) is 5.64. The van der Waals surface area contributed by atoms with Crippen LogP contribution in [0.2, 0.25) is 0 Å². The van der Waals surface area contributed by atoms with Gasteiger partial charge >= 0.3 is 0 Å². The maximum Gasteiger partial charge on any atom is 0.227 e. The maximum atomic E-state index is 6.08. The molecule has 2 fully saturated rings. The van der Waals surface area contributed by atoms with Crippen molar-refractivity contribution in [1.82, 2.24) is 24.6 Å². The molecule has 0 bridgehead atoms. The zero-order valence-electron chi connectivity index (χ0n) is 24.1. The zero-order valence-corrected chi connectivity index (χ0v) is 24.1. The second kappa shape index (κ2) is 13.1. The second-order valence-corrected chi connectivity index (χ2v) is 11.5. The minimum atomic E-state index is 0.614. The van der Waals surface area contributed by atoms with E-state index in [1.165, 1.54) is 25.9 Å². The largest absolute Gasteiger partial charge is 0.494 e. The molecule has 8 nitrogen and oxygen atoms in total. The van der Waals surface area contributed by atoms with Crippen LogP contribution in [0.25, 0.3) is 22.6 Å². The number of likely N-dealkylation sites (tertiary alicyclic amines) is 2. The van der Waals surface area contributed by atoms with Crippen LogP contribution < -0.4 is 9.47 Å². The van der Waals surface area contributed by atoms with Gasteiger partial charge in [-0.25, -0.2) is 4.98 Å². The molecular weight excluding hydrogens is 490 g/mol. The fourth-order valence-electron chi connectivity index (χ4n) is 5.64. The molecule has 1 aromatic heterocycles. The van der Waals surface area contributed by atoms with Crippen molar-refractivity contribution in [3.63, 3.8) is 0 Å². The predicted molar refractivity (Wildman–Crippen MR) is 157 cm³/mol. The van der Waals surface area contributed by atoms with Gasteiger partial charge in [-0.2, -0.15) is 0 Å². The SMILES string of the molecule is CN(C)[C@H]1CCN(CCCOc2ccc(-c3nc4ccc(OCCCN5CC[C@H](N(C)C)C5)cc4o3)cc2)C1. The van der Waals surface area contributed by atoms with E-state index in [-0.39, 0.29) is 0 Å². The second-order valence-electron chi connectivity index (χ2n) is 11.5. The van der Waals surface area contributed by atoms with Crippen molar-refractivity contribution in [2.75, 3.05) is 80.7 Å². The molecule has 212 valence electrons. The molecule has 0 unspecified atom stereocenters. The maximum absolute atomic E-state index is 6.08. The topological polar surface area (TPSA) is 57.5 Å². The number of nitrogens with zero attached hydrogens (tertiary/aromatic N) is 5. The number of hydrogen-bond donors (Lipinski definition) is 0. The number of rotatable bonds is 13. The summed E-state index contributed by atoms with van der Waals surface area (Å²) >= 11 is 0. The van der Waals surface area contributed by atoms with Crippen LogP contribution in [-0.4, -0.2) is 117 Å². The van der Waals surface area contributed by atoms with Crippen LogP contribution in [0.1, 0.15) is 25.7 Å². The summed E-state index contributed by atoms with van der Waals surface area (Å²) in [6.45, 7) is 8.28. The smallest absolute Gasteiger partial charge is 0.227 e. The number of hydrogen-bond acceptors (Lipinski definition) is 8. The van der Waals surface area contributed by atoms with Crippen LogP contribution in [0.4, 0.5) is 0 Å². The fraction of sp³-hybridized carbons (Fsp3) is 0.581. The highest BCUT2D eigenvalue weighted by Crippen LogP contribution is 2.28. The number of benzene rings is 2. The Labute approximate surface area is 233 Å². The first-order valence-electron chi connectivity index (χ1n) is 14.5. The van der Waals surface area contributed by atoms with Crippen molar-refractivity contribution in [3.8, 4) is 23.0 Å². The standard InChI is InChI=1S/C31H45N5O3/c1-33(2)25-13-17-35(22-25)15-5-19-37-27-9-7-24(8-10-27)31-32-29-12-11-28(21-30(29)39-31)38-20-6-16-36-18-14-26(23-36)34(3)4/h7-12,21,25-26H,5-6,13-20,22-23H2,1-4H3/t25-,26-/m0/s1. The summed E-state index contributed by atoms with van der Waals surface area (Å²) in [6, 6.07) is 15.3. The Morgan fingerprint density at radius 2 is 1.36 bits per heavy atom. The van der Waals surface area contributed by atoms with Crippen LogP contribution in [0.3, 0.4) is 0 Å². The van der Waals surface area contributed by atoms with Crippen LogP contribution in [0.15, 0.2) is 46.9 Å². The van der Waals surface area contributed by atoms with Gasteiger partial charge < -0.3 is 33.5 Å². The molecule has 0 aliphatic carbocycles. The number of ether oxygens (including phenoxy) is 2. The summed E-state index contributed by atoms with van der Waals surface area (Å²) in [5.74, 6) is 2.32. The molecule has 3 aromatic rings. The summed E-state index contributed by atoms with van der Waals surface area (Å²) < 4.78 is 18.1. The average Bonchev–Trinajstić information content (AvgIpc) is 3.69. The average molecular weight is 536 g/mol. The third kappa shape index (κ3) is 7.51. The van der Waals surface area contributed by atoms with Crippen molar-refractivity contribution >= 4 is 11.1 Å². The molecule has 0 spiro atoms. The molecule has 2 saturated heterocycles. The zero-order chi connectivity index (χ0) is 27.2. The Morgan fingerprint density at radius 3 is 1.92 bits per heavy atom. The number of aromatic nitrogens is 1. The molecule has 5 rings (SSSR count). The number of fused-ring (bicyclic) bond motifs is 1. The van der Waals surface area contributed by atoms with E-state index in [4.69, 9.17) is 13.9 Å². The highest BCUT2D eigenvalue weighted by Gasteiger charge is 2.24. The van der Waals surface area contributed by atoms with Gasteiger partial charge in [0.15, 0.2) is 5.58 Å². The lowest BCUT2D eigenvalue weighted by Gasteiger charge is -2.20. The molecular formula is C31H45N5O3. The van der Waals surface area contributed by atoms with E-state index in [9.17, 15) is 0 Å². The summed E-state index contributed by atoms with van der Waals surface area (Å²) in [7, 11) is 8.69. The van der Waals surface area contributed by atoms with Gasteiger partial charge in [0.25, 0.3) is 0 Å². The first-order valence-corrected chi connectivity index (χ1v) is 14.5. The monoisotopic (exact) mass is 535 g/mol. The van der Waals surface area contributed by atoms with Crippen molar-refractivity contribution in [3.05, 3.63) is 42.5 Å². The minimum absolute atomic E-state index is 0.614. The first-order chi connectivity index (χ1) is 18.9. The Bertz CT molecular complexity index is 1180. The van der Waals surface area contributed by atoms with Crippen molar-refractivity contribution in [1.29, 1.82) is 0 Å². The number of likely N-dealkylation sites (N-methyl/N-ethyl adjacent to an activating group) is 2. The number of oxazole rings is 1. The van der Waals surface area contributed by atoms with E-state index in [0.717, 1.165) is 73.8 Å². The van der Waals surface area contributed by atoms with Gasteiger partial charge in [0.2, 0.25) is 5.89 Å². The lowest BCUT2D eigenvalue weighted by atomic mass is 10.2. The summed E-state index contributed by atoms with van der Waals surface area (Å²) in [5, 5.41) is 0. The van der Waals surface area contributed by atoms with Crippen molar-refractivity contribution < 1.29 is 13.9 Å². The summed E-state index contributed by atoms with van der Waals surface area (Å²) in [5.41, 5.74) is 2.52. The summed E-state index contributed by atoms with van der Waals surface area (Å²) in [4.78, 5) is 14.4. The Hall–Kier alpha value is -2.65. The van der Waals surface area contributed by atoms with Gasteiger partial charge in [0.1, 0.15) is 17.0 Å². The van der Waals surface area contributed by atoms with E-state index >= 15 is 0 Å². The quantitative estimate of drug-likeness (QED) is 0.300. The third-order valence-electron chi connectivity index (χ3n) is 8.19. The van der Waals surface area contributed by atoms with Crippen molar-refractivity contribution in [2.45, 2.75) is 37.8 Å². The Kier molecular flexibility index (Phi) is 9.40. The molecule has 8 heteroatoms. The molecule has 2 aliphatic heterocycles. The molecule has 39 heavy (non-hydrogen) atoms. The molecule has 0 N–H and O–H groups in total. The van der Waals surface area contributed by atoms with Gasteiger partial charge in [0, 0.05) is 49.9 Å². The molecule has 3 heterocycles. The van der Waals surface area contributed by atoms with Crippen LogP contribution in [0.5, 0.6) is 11.5 Å². The van der Waals surface area contributed by atoms with Gasteiger partial charge in [-0.05, 0) is 103 Å². The van der Waals surface area contributed by atoms with E-state index in [0.29, 0.717) is 24.6 Å². The molecule has 0 radical (unpaired) electrons. The van der Waals surface area contributed by atoms with E-state index < -0.39 is 0 Å². The van der Waals surface area contributed by atoms with Gasteiger partial charge in [0.05, 0.1) is 13.2 Å². The van der Waals surface area contributed by atoms with E-state index in [2.05, 4.69) is 52.8 Å². The normalized spacial score (nSPS) is 20.6. The lowest BCUT2D eigenvalue weighted by Crippen LogP contribution is -2.32. The molecule has 2 aliphatic rings. The molecule has 2 aromatic carbocycles. The van der Waals surface area contributed by atoms with Crippen molar-refractivity contribution in [2.24, 2.45) is 0 Å². The van der Waals surface area contributed by atoms with Crippen LogP contribution in [-0.2, 0) is 0 Å². The Balaban J connectivity index is 1.05. The van der Waals surface area contributed by atoms with Crippen LogP contribution >= 0.6 is 0 Å². The lowest BCUT2D eigenvalue weighted by molar-refractivity contribution is 0.242. The first kappa shape index (κ1) is 27.9. The third-order valence-corrected chi connectivity index (χ3v) is 8.19. The molecule has 0 amide bonds. The van der Waals surface area contributed by atoms with E-state index in [1.54, 1.807) is 0 Å². The Morgan fingerprint density at radius 1 is 0.795 bits per heavy atom. The minimum Gasteiger partial charge on any atom is -0.494 e. The molecule has 0 saturated carbocycles. The van der Waals surface area contributed by atoms with Gasteiger partial charge in [-0.1, -0.05) is 0 Å². The molecule has 2 atom stereocenters. The highest BCUT2D eigenvalue weighted by molar-refractivity contribution is 5.77. The predicted octanol–water partition coefficient (Wildman–Crippen LogP) is 4.30. The van der Waals surface area contributed by atoms with Gasteiger partial charge in [-0.3, -0.25) is 0 Å².